The normalized spacial score (nSPS) is 12.7. The minimum absolute atomic E-state index is 0.139. The highest BCUT2D eigenvalue weighted by atomic mass is 32.2. The van der Waals surface area contributed by atoms with Gasteiger partial charge >= 0.3 is 12.1 Å². The van der Waals surface area contributed by atoms with Gasteiger partial charge in [-0.15, -0.1) is 6.58 Å². The number of rotatable bonds is 17. The van der Waals surface area contributed by atoms with E-state index in [2.05, 4.69) is 18.7 Å². The van der Waals surface area contributed by atoms with E-state index in [0.29, 0.717) is 31.5 Å². The predicted octanol–water partition coefficient (Wildman–Crippen LogP) is 5.20. The summed E-state index contributed by atoms with van der Waals surface area (Å²) in [7, 11) is 0.139. The molecule has 1 rings (SSSR count). The third kappa shape index (κ3) is 14.6. The lowest BCUT2D eigenvalue weighted by molar-refractivity contribution is -0.0519. The van der Waals surface area contributed by atoms with Gasteiger partial charge in [0.15, 0.2) is 0 Å². The maximum Gasteiger partial charge on any atom is 0.511 e. The Morgan fingerprint density at radius 2 is 1.73 bits per heavy atom. The molecule has 0 amide bonds. The van der Waals surface area contributed by atoms with Crippen LogP contribution < -0.4 is 0 Å². The van der Waals surface area contributed by atoms with Gasteiger partial charge in [0.1, 0.15) is 6.79 Å². The van der Waals surface area contributed by atoms with Crippen molar-refractivity contribution in [3.8, 4) is 0 Å². The molecule has 0 saturated heterocycles. The molecule has 7 nitrogen and oxygen atoms in total. The fourth-order valence-electron chi connectivity index (χ4n) is 2.88. The second-order valence-electron chi connectivity index (χ2n) is 7.95. The second-order valence-corrected chi connectivity index (χ2v) is 9.92. The van der Waals surface area contributed by atoms with E-state index in [1.54, 1.807) is 26.0 Å². The SMILES string of the molecule is C=CCCC(CCOCOCCS(=C)C)Cc1ccc(C(=O)OCOC(=O)OC(C)C)cc1. The minimum Gasteiger partial charge on any atom is -0.431 e. The van der Waals surface area contributed by atoms with Gasteiger partial charge in [0, 0.05) is 12.4 Å². The van der Waals surface area contributed by atoms with Crippen molar-refractivity contribution in [3.63, 3.8) is 0 Å². The molecule has 0 N–H and O–H groups in total. The van der Waals surface area contributed by atoms with Crippen LogP contribution in [0.3, 0.4) is 0 Å². The molecule has 0 saturated carbocycles. The number of esters is 1. The van der Waals surface area contributed by atoms with Crippen LogP contribution in [0.5, 0.6) is 0 Å². The third-order valence-electron chi connectivity index (χ3n) is 4.61. The summed E-state index contributed by atoms with van der Waals surface area (Å²) < 4.78 is 25.5. The van der Waals surface area contributed by atoms with Crippen LogP contribution in [0.4, 0.5) is 4.79 Å². The van der Waals surface area contributed by atoms with Crippen molar-refractivity contribution < 1.29 is 33.3 Å². The first kappa shape index (κ1) is 28.9. The quantitative estimate of drug-likeness (QED) is 0.0992. The molecule has 0 radical (unpaired) electrons. The Hall–Kier alpha value is -2.16. The van der Waals surface area contributed by atoms with Crippen LogP contribution in [0.15, 0.2) is 36.9 Å². The second kappa shape index (κ2) is 17.3. The fourth-order valence-corrected chi connectivity index (χ4v) is 3.28. The first-order valence-corrected chi connectivity index (χ1v) is 13.1. The van der Waals surface area contributed by atoms with Gasteiger partial charge in [-0.2, -0.15) is 10.5 Å². The number of ether oxygens (including phenoxy) is 5. The van der Waals surface area contributed by atoms with Crippen molar-refractivity contribution in [1.82, 2.24) is 0 Å². The Morgan fingerprint density at radius 3 is 2.36 bits per heavy atom. The molecule has 2 atom stereocenters. The molecule has 2 unspecified atom stereocenters. The van der Waals surface area contributed by atoms with Gasteiger partial charge in [-0.3, -0.25) is 0 Å². The summed E-state index contributed by atoms with van der Waals surface area (Å²) >= 11 is 0. The van der Waals surface area contributed by atoms with Crippen molar-refractivity contribution in [1.29, 1.82) is 0 Å². The van der Waals surface area contributed by atoms with Crippen LogP contribution in [0, 0.1) is 5.92 Å². The molecule has 0 bridgehead atoms. The maximum atomic E-state index is 12.1. The molecular weight excluding hydrogens is 444 g/mol. The molecule has 8 heteroatoms. The van der Waals surface area contributed by atoms with Crippen molar-refractivity contribution in [2.75, 3.05) is 38.8 Å². The molecule has 0 aliphatic heterocycles. The molecule has 0 heterocycles. The number of carbonyl (C=O) groups is 2. The largest absolute Gasteiger partial charge is 0.511 e. The van der Waals surface area contributed by atoms with Crippen LogP contribution in [-0.2, 0) is 30.1 Å². The molecule has 1 aromatic rings. The van der Waals surface area contributed by atoms with Gasteiger partial charge in [0.2, 0.25) is 6.79 Å². The highest BCUT2D eigenvalue weighted by molar-refractivity contribution is 8.13. The molecule has 0 aromatic heterocycles. The Kier molecular flexibility index (Phi) is 15.2. The molecule has 0 aliphatic rings. The van der Waals surface area contributed by atoms with E-state index in [1.807, 2.05) is 18.2 Å². The predicted molar refractivity (Wildman–Crippen MR) is 133 cm³/mol. The van der Waals surface area contributed by atoms with Gasteiger partial charge in [-0.25, -0.2) is 9.59 Å². The van der Waals surface area contributed by atoms with Crippen LogP contribution >= 0.6 is 10.5 Å². The van der Waals surface area contributed by atoms with Crippen molar-refractivity contribution in [3.05, 3.63) is 48.0 Å². The lowest BCUT2D eigenvalue weighted by Crippen LogP contribution is -2.17. The lowest BCUT2D eigenvalue weighted by atomic mass is 9.92. The standard InChI is InChI=1S/C25H38O7S/c1-6-7-8-21(13-14-28-18-29-15-16-33(4)5)17-22-9-11-23(12-10-22)24(26)30-19-31-25(27)32-20(2)3/h6,9-12,20-21H,1,4,7-8,13-19H2,2-3,5H3. The van der Waals surface area contributed by atoms with Gasteiger partial charge < -0.3 is 23.7 Å². The molecule has 1 aromatic carbocycles. The van der Waals surface area contributed by atoms with Crippen LogP contribution in [0.1, 0.15) is 49.0 Å². The number of hydrogen-bond donors (Lipinski definition) is 0. The maximum absolute atomic E-state index is 12.1. The monoisotopic (exact) mass is 482 g/mol. The topological polar surface area (TPSA) is 80.3 Å². The molecule has 0 spiro atoms. The van der Waals surface area contributed by atoms with Gasteiger partial charge in [0.25, 0.3) is 0 Å². The number of carbonyl (C=O) groups excluding carboxylic acids is 2. The van der Waals surface area contributed by atoms with E-state index in [1.165, 1.54) is 0 Å². The fraction of sp³-hybridized carbons (Fsp3) is 0.560. The number of benzene rings is 1. The Bertz CT molecular complexity index is 731. The van der Waals surface area contributed by atoms with E-state index in [0.717, 1.165) is 37.0 Å². The summed E-state index contributed by atoms with van der Waals surface area (Å²) in [4.78, 5) is 23.4. The van der Waals surface area contributed by atoms with Gasteiger partial charge in [-0.05, 0) is 69.4 Å². The average molecular weight is 483 g/mol. The van der Waals surface area contributed by atoms with E-state index in [9.17, 15) is 9.59 Å². The van der Waals surface area contributed by atoms with Crippen LogP contribution in [-0.4, -0.2) is 62.9 Å². The number of allylic oxidation sites excluding steroid dienone is 1. The molecular formula is C25H38O7S. The average Bonchev–Trinajstić information content (AvgIpc) is 2.76. The highest BCUT2D eigenvalue weighted by Crippen LogP contribution is 2.19. The summed E-state index contributed by atoms with van der Waals surface area (Å²) in [5.74, 6) is 4.78. The van der Waals surface area contributed by atoms with E-state index < -0.39 is 18.9 Å². The van der Waals surface area contributed by atoms with E-state index in [-0.39, 0.29) is 16.6 Å². The molecule has 0 aliphatic carbocycles. The highest BCUT2D eigenvalue weighted by Gasteiger charge is 2.13. The Morgan fingerprint density at radius 1 is 1.03 bits per heavy atom. The van der Waals surface area contributed by atoms with Crippen molar-refractivity contribution >= 4 is 28.5 Å². The van der Waals surface area contributed by atoms with Crippen LogP contribution in [0.25, 0.3) is 0 Å². The Labute approximate surface area is 200 Å². The molecule has 0 fully saturated rings. The van der Waals surface area contributed by atoms with Crippen molar-refractivity contribution in [2.45, 2.75) is 45.6 Å². The summed E-state index contributed by atoms with van der Waals surface area (Å²) in [5, 5.41) is 0. The van der Waals surface area contributed by atoms with Gasteiger partial charge in [-0.1, -0.05) is 24.1 Å². The van der Waals surface area contributed by atoms with E-state index in [4.69, 9.17) is 23.7 Å². The molecule has 33 heavy (non-hydrogen) atoms. The summed E-state index contributed by atoms with van der Waals surface area (Å²) in [6.07, 6.45) is 6.58. The summed E-state index contributed by atoms with van der Waals surface area (Å²) in [5.41, 5.74) is 1.51. The first-order valence-electron chi connectivity index (χ1n) is 11.1. The summed E-state index contributed by atoms with van der Waals surface area (Å²) in [6.45, 7) is 8.34. The first-order chi connectivity index (χ1) is 15.8. The third-order valence-corrected chi connectivity index (χ3v) is 5.47. The zero-order chi connectivity index (χ0) is 24.5. The van der Waals surface area contributed by atoms with Crippen LogP contribution in [0.2, 0.25) is 0 Å². The zero-order valence-electron chi connectivity index (χ0n) is 20.1. The smallest absolute Gasteiger partial charge is 0.431 e. The minimum atomic E-state index is -0.873. The molecule has 186 valence electrons. The lowest BCUT2D eigenvalue weighted by Gasteiger charge is -2.17. The summed E-state index contributed by atoms with van der Waals surface area (Å²) in [6, 6.07) is 7.25. The number of hydrogen-bond acceptors (Lipinski definition) is 7. The van der Waals surface area contributed by atoms with Crippen molar-refractivity contribution in [2.24, 2.45) is 5.92 Å². The van der Waals surface area contributed by atoms with Gasteiger partial charge in [0.05, 0.1) is 18.3 Å². The van der Waals surface area contributed by atoms with E-state index >= 15 is 0 Å². The zero-order valence-corrected chi connectivity index (χ0v) is 20.9. The Balaban J connectivity index is 2.42.